The second kappa shape index (κ2) is 5.53. The van der Waals surface area contributed by atoms with Crippen LogP contribution in [-0.2, 0) is 6.54 Å². The molecule has 82 valence electrons. The molecule has 0 fully saturated rings. The van der Waals surface area contributed by atoms with Crippen LogP contribution in [0.25, 0.3) is 0 Å². The lowest BCUT2D eigenvalue weighted by molar-refractivity contribution is 0.518. The molecule has 0 aromatic carbocycles. The summed E-state index contributed by atoms with van der Waals surface area (Å²) in [5.41, 5.74) is 0. The maximum atomic E-state index is 8.42. The van der Waals surface area contributed by atoms with Gasteiger partial charge in [0, 0.05) is 0 Å². The number of aromatic nitrogens is 2. The van der Waals surface area contributed by atoms with Crippen molar-refractivity contribution < 1.29 is 4.42 Å². The van der Waals surface area contributed by atoms with Crippen molar-refractivity contribution in [2.45, 2.75) is 10.9 Å². The lowest BCUT2D eigenvalue weighted by Crippen LogP contribution is -1.96. The Balaban J connectivity index is 1.86. The topological polar surface area (TPSA) is 74.7 Å². The van der Waals surface area contributed by atoms with Crippen molar-refractivity contribution in [2.24, 2.45) is 0 Å². The Morgan fingerprint density at radius 2 is 2.50 bits per heavy atom. The van der Waals surface area contributed by atoms with E-state index in [1.54, 1.807) is 6.26 Å². The molecule has 2 aromatic heterocycles. The maximum absolute atomic E-state index is 8.42. The van der Waals surface area contributed by atoms with Crippen molar-refractivity contribution in [1.29, 1.82) is 5.26 Å². The Morgan fingerprint density at radius 3 is 3.25 bits per heavy atom. The van der Waals surface area contributed by atoms with Crippen LogP contribution in [0.1, 0.15) is 5.76 Å². The third-order valence-electron chi connectivity index (χ3n) is 1.66. The van der Waals surface area contributed by atoms with Gasteiger partial charge in [-0.2, -0.15) is 5.26 Å². The molecule has 7 heteroatoms. The standard InChI is InChI=1S/C9H8N4OS2/c10-3-5-15-9-13-12-8(16-9)11-6-7-2-1-4-14-7/h1-2,4H,5-6H2,(H,11,12). The third-order valence-corrected chi connectivity index (χ3v) is 3.54. The summed E-state index contributed by atoms with van der Waals surface area (Å²) in [7, 11) is 0. The number of anilines is 1. The fourth-order valence-corrected chi connectivity index (χ4v) is 2.42. The van der Waals surface area contributed by atoms with E-state index in [0.717, 1.165) is 15.2 Å². The fourth-order valence-electron chi connectivity index (χ4n) is 1.01. The Kier molecular flexibility index (Phi) is 3.80. The monoisotopic (exact) mass is 252 g/mol. The number of nitrogens with zero attached hydrogens (tertiary/aromatic N) is 3. The molecule has 2 rings (SSSR count). The molecule has 0 saturated heterocycles. The zero-order valence-electron chi connectivity index (χ0n) is 8.21. The van der Waals surface area contributed by atoms with Crippen LogP contribution in [0.5, 0.6) is 0 Å². The Morgan fingerprint density at radius 1 is 1.56 bits per heavy atom. The van der Waals surface area contributed by atoms with E-state index in [0.29, 0.717) is 12.3 Å². The van der Waals surface area contributed by atoms with Crippen molar-refractivity contribution in [2.75, 3.05) is 11.1 Å². The second-order valence-corrected chi connectivity index (χ2v) is 4.95. The molecule has 0 amide bonds. The van der Waals surface area contributed by atoms with Crippen LogP contribution in [0.15, 0.2) is 27.2 Å². The molecule has 0 atom stereocenters. The number of hydrogen-bond donors (Lipinski definition) is 1. The van der Waals surface area contributed by atoms with Crippen LogP contribution >= 0.6 is 23.1 Å². The molecule has 2 aromatic rings. The largest absolute Gasteiger partial charge is 0.467 e. The highest BCUT2D eigenvalue weighted by Gasteiger charge is 2.04. The van der Waals surface area contributed by atoms with Crippen LogP contribution < -0.4 is 5.32 Å². The third kappa shape index (κ3) is 2.98. The van der Waals surface area contributed by atoms with Crippen LogP contribution in [-0.4, -0.2) is 16.0 Å². The summed E-state index contributed by atoms with van der Waals surface area (Å²) < 4.78 is 5.97. The number of nitriles is 1. The van der Waals surface area contributed by atoms with Gasteiger partial charge in [0.05, 0.1) is 24.6 Å². The van der Waals surface area contributed by atoms with Gasteiger partial charge in [-0.05, 0) is 12.1 Å². The number of nitrogens with one attached hydrogen (secondary N) is 1. The van der Waals surface area contributed by atoms with Gasteiger partial charge in [0.15, 0.2) is 4.34 Å². The maximum Gasteiger partial charge on any atom is 0.206 e. The minimum Gasteiger partial charge on any atom is -0.467 e. The van der Waals surface area contributed by atoms with E-state index in [1.165, 1.54) is 23.1 Å². The summed E-state index contributed by atoms with van der Waals surface area (Å²) in [6, 6.07) is 5.77. The van der Waals surface area contributed by atoms with Crippen LogP contribution in [0.2, 0.25) is 0 Å². The summed E-state index contributed by atoms with van der Waals surface area (Å²) in [4.78, 5) is 0. The van der Waals surface area contributed by atoms with Crippen LogP contribution in [0.3, 0.4) is 0 Å². The lowest BCUT2D eigenvalue weighted by Gasteiger charge is -1.96. The van der Waals surface area contributed by atoms with E-state index in [1.807, 2.05) is 18.2 Å². The van der Waals surface area contributed by atoms with E-state index in [4.69, 9.17) is 9.68 Å². The number of hydrogen-bond acceptors (Lipinski definition) is 7. The molecular formula is C9H8N4OS2. The Labute approximate surface area is 100 Å². The molecule has 1 N–H and O–H groups in total. The van der Waals surface area contributed by atoms with Crippen LogP contribution in [0, 0.1) is 11.3 Å². The first-order chi connectivity index (χ1) is 7.88. The minimum absolute atomic E-state index is 0.396. The van der Waals surface area contributed by atoms with E-state index < -0.39 is 0 Å². The molecule has 0 unspecified atom stereocenters. The van der Waals surface area contributed by atoms with Gasteiger partial charge < -0.3 is 9.73 Å². The lowest BCUT2D eigenvalue weighted by atomic mass is 10.4. The fraction of sp³-hybridized carbons (Fsp3) is 0.222. The highest BCUT2D eigenvalue weighted by Crippen LogP contribution is 2.25. The average Bonchev–Trinajstić information content (AvgIpc) is 2.95. The van der Waals surface area contributed by atoms with Gasteiger partial charge in [-0.15, -0.1) is 10.2 Å². The van der Waals surface area contributed by atoms with Crippen molar-refractivity contribution in [3.8, 4) is 6.07 Å². The Bertz CT molecular complexity index is 474. The molecular weight excluding hydrogens is 244 g/mol. The van der Waals surface area contributed by atoms with E-state index >= 15 is 0 Å². The quantitative estimate of drug-likeness (QED) is 0.823. The highest BCUT2D eigenvalue weighted by molar-refractivity contribution is 8.01. The van der Waals surface area contributed by atoms with Crippen molar-refractivity contribution in [3.05, 3.63) is 24.2 Å². The van der Waals surface area contributed by atoms with Gasteiger partial charge >= 0.3 is 0 Å². The highest BCUT2D eigenvalue weighted by atomic mass is 32.2. The van der Waals surface area contributed by atoms with E-state index in [-0.39, 0.29) is 0 Å². The van der Waals surface area contributed by atoms with Gasteiger partial charge in [-0.25, -0.2) is 0 Å². The molecule has 0 aliphatic heterocycles. The van der Waals surface area contributed by atoms with Crippen LogP contribution in [0.4, 0.5) is 5.13 Å². The SMILES string of the molecule is N#CCSc1nnc(NCc2ccco2)s1. The first-order valence-electron chi connectivity index (χ1n) is 4.48. The average molecular weight is 252 g/mol. The molecule has 0 saturated carbocycles. The molecule has 0 bridgehead atoms. The summed E-state index contributed by atoms with van der Waals surface area (Å²) in [6.07, 6.45) is 1.63. The summed E-state index contributed by atoms with van der Waals surface area (Å²) in [5.74, 6) is 1.24. The molecule has 2 heterocycles. The van der Waals surface area contributed by atoms with Crippen molar-refractivity contribution in [3.63, 3.8) is 0 Å². The van der Waals surface area contributed by atoms with E-state index in [2.05, 4.69) is 15.5 Å². The first kappa shape index (κ1) is 11.0. The minimum atomic E-state index is 0.396. The normalized spacial score (nSPS) is 9.94. The van der Waals surface area contributed by atoms with Gasteiger partial charge in [0.2, 0.25) is 5.13 Å². The number of furan rings is 1. The van der Waals surface area contributed by atoms with Gasteiger partial charge in [-0.3, -0.25) is 0 Å². The van der Waals surface area contributed by atoms with Gasteiger partial charge in [0.25, 0.3) is 0 Å². The number of thioether (sulfide) groups is 1. The van der Waals surface area contributed by atoms with Crippen molar-refractivity contribution >= 4 is 28.2 Å². The second-order valence-electron chi connectivity index (χ2n) is 2.75. The Hall–Kier alpha value is -1.52. The molecule has 0 aliphatic rings. The zero-order chi connectivity index (χ0) is 11.2. The van der Waals surface area contributed by atoms with Gasteiger partial charge in [0.1, 0.15) is 5.76 Å². The van der Waals surface area contributed by atoms with Gasteiger partial charge in [-0.1, -0.05) is 23.1 Å². The molecule has 5 nitrogen and oxygen atoms in total. The summed E-state index contributed by atoms with van der Waals surface area (Å²) in [5, 5.41) is 20.1. The molecule has 0 aliphatic carbocycles. The summed E-state index contributed by atoms with van der Waals surface area (Å²) in [6.45, 7) is 0.588. The van der Waals surface area contributed by atoms with Crippen molar-refractivity contribution in [1.82, 2.24) is 10.2 Å². The summed E-state index contributed by atoms with van der Waals surface area (Å²) >= 11 is 2.82. The number of rotatable bonds is 5. The molecule has 0 spiro atoms. The predicted molar refractivity (Wildman–Crippen MR) is 62.3 cm³/mol. The smallest absolute Gasteiger partial charge is 0.206 e. The molecule has 0 radical (unpaired) electrons. The zero-order valence-corrected chi connectivity index (χ0v) is 9.85. The van der Waals surface area contributed by atoms with E-state index in [9.17, 15) is 0 Å². The first-order valence-corrected chi connectivity index (χ1v) is 6.28. The predicted octanol–water partition coefficient (Wildman–Crippen LogP) is 2.36. The molecule has 16 heavy (non-hydrogen) atoms.